The molecule has 0 saturated heterocycles. The topological polar surface area (TPSA) is 68.9 Å². The van der Waals surface area contributed by atoms with E-state index in [0.29, 0.717) is 23.7 Å². The predicted octanol–water partition coefficient (Wildman–Crippen LogP) is 2.10. The van der Waals surface area contributed by atoms with Crippen molar-refractivity contribution in [2.45, 2.75) is 26.4 Å². The Morgan fingerprint density at radius 2 is 2.22 bits per heavy atom. The lowest BCUT2D eigenvalue weighted by molar-refractivity contribution is 0.0996. The van der Waals surface area contributed by atoms with Crippen LogP contribution in [0.2, 0.25) is 0 Å². The second-order valence-corrected chi connectivity index (χ2v) is 5.57. The first-order valence-electron chi connectivity index (χ1n) is 5.73. The van der Waals surface area contributed by atoms with Gasteiger partial charge in [0, 0.05) is 18.0 Å². The highest BCUT2D eigenvalue weighted by Gasteiger charge is 2.20. The number of aliphatic hydroxyl groups is 1. The van der Waals surface area contributed by atoms with Crippen LogP contribution in [0, 0.1) is 25.2 Å². The van der Waals surface area contributed by atoms with E-state index in [0.717, 1.165) is 11.3 Å². The number of thioether (sulfide) groups is 1. The van der Waals surface area contributed by atoms with Gasteiger partial charge in [-0.1, -0.05) is 0 Å². The minimum atomic E-state index is -0.814. The molecule has 0 radical (unpaired) electrons. The number of aromatic nitrogens is 1. The summed E-state index contributed by atoms with van der Waals surface area (Å²) in [7, 11) is 0. The van der Waals surface area contributed by atoms with Crippen LogP contribution in [0.5, 0.6) is 0 Å². The van der Waals surface area contributed by atoms with Crippen LogP contribution in [0.15, 0.2) is 6.07 Å². The molecule has 0 amide bonds. The Balaban J connectivity index is 2.88. The molecule has 98 valence electrons. The molecule has 2 N–H and O–H groups in total. The summed E-state index contributed by atoms with van der Waals surface area (Å²) in [6, 6.07) is 4.03. The second kappa shape index (κ2) is 6.07. The average molecular weight is 265 g/mol. The minimum absolute atomic E-state index is 0.373. The highest BCUT2D eigenvalue weighted by molar-refractivity contribution is 7.98. The van der Waals surface area contributed by atoms with E-state index in [9.17, 15) is 5.11 Å². The maximum Gasteiger partial charge on any atom is 0.144 e. The van der Waals surface area contributed by atoms with Crippen LogP contribution in [0.25, 0.3) is 0 Å². The number of nitrogens with zero attached hydrogens (tertiary/aromatic N) is 2. The average Bonchev–Trinajstić information content (AvgIpc) is 2.26. The molecule has 0 bridgehead atoms. The van der Waals surface area contributed by atoms with Crippen LogP contribution in [0.1, 0.15) is 23.7 Å². The van der Waals surface area contributed by atoms with Crippen molar-refractivity contribution in [3.8, 4) is 6.07 Å². The lowest BCUT2D eigenvalue weighted by atomic mass is 10.1. The number of hydrogen-bond acceptors (Lipinski definition) is 5. The highest BCUT2D eigenvalue weighted by Crippen LogP contribution is 2.19. The molecule has 0 aliphatic rings. The van der Waals surface area contributed by atoms with Crippen molar-refractivity contribution < 1.29 is 5.11 Å². The molecule has 0 aliphatic carbocycles. The Labute approximate surface area is 112 Å². The van der Waals surface area contributed by atoms with Gasteiger partial charge in [-0.2, -0.15) is 17.0 Å². The number of pyridine rings is 1. The molecule has 1 aromatic rings. The number of nitrogens with one attached hydrogen (secondary N) is 1. The van der Waals surface area contributed by atoms with Crippen LogP contribution in [0.4, 0.5) is 5.82 Å². The lowest BCUT2D eigenvalue weighted by Crippen LogP contribution is -2.36. The normalized spacial score (nSPS) is 13.8. The van der Waals surface area contributed by atoms with Gasteiger partial charge in [0.2, 0.25) is 0 Å². The van der Waals surface area contributed by atoms with Crippen molar-refractivity contribution in [1.82, 2.24) is 4.98 Å². The monoisotopic (exact) mass is 265 g/mol. The predicted molar refractivity (Wildman–Crippen MR) is 75.9 cm³/mol. The van der Waals surface area contributed by atoms with Crippen molar-refractivity contribution in [3.63, 3.8) is 0 Å². The zero-order chi connectivity index (χ0) is 13.8. The van der Waals surface area contributed by atoms with Gasteiger partial charge < -0.3 is 10.4 Å². The van der Waals surface area contributed by atoms with Gasteiger partial charge in [0.15, 0.2) is 0 Å². The second-order valence-electron chi connectivity index (χ2n) is 4.70. The Hall–Kier alpha value is -1.25. The molecule has 0 spiro atoms. The number of anilines is 1. The van der Waals surface area contributed by atoms with Crippen molar-refractivity contribution >= 4 is 17.6 Å². The summed E-state index contributed by atoms with van der Waals surface area (Å²) >= 11 is 1.58. The van der Waals surface area contributed by atoms with Gasteiger partial charge in [-0.15, -0.1) is 0 Å². The molecule has 0 fully saturated rings. The Morgan fingerprint density at radius 1 is 1.56 bits per heavy atom. The lowest BCUT2D eigenvalue weighted by Gasteiger charge is -2.23. The van der Waals surface area contributed by atoms with Gasteiger partial charge in [-0.05, 0) is 38.7 Å². The van der Waals surface area contributed by atoms with Gasteiger partial charge in [0.05, 0.1) is 11.2 Å². The third-order valence-electron chi connectivity index (χ3n) is 2.55. The largest absolute Gasteiger partial charge is 0.387 e. The third-order valence-corrected chi connectivity index (χ3v) is 3.46. The Bertz CT molecular complexity index is 466. The van der Waals surface area contributed by atoms with E-state index in [1.807, 2.05) is 26.2 Å². The van der Waals surface area contributed by atoms with E-state index in [-0.39, 0.29) is 0 Å². The Morgan fingerprint density at radius 3 is 2.78 bits per heavy atom. The maximum atomic E-state index is 10.1. The van der Waals surface area contributed by atoms with Crippen LogP contribution in [-0.2, 0) is 0 Å². The first-order chi connectivity index (χ1) is 8.39. The number of hydrogen-bond donors (Lipinski definition) is 2. The number of aryl methyl sites for hydroxylation is 2. The third kappa shape index (κ3) is 3.90. The molecule has 0 aliphatic heterocycles. The van der Waals surface area contributed by atoms with E-state index in [4.69, 9.17) is 5.26 Å². The van der Waals surface area contributed by atoms with Gasteiger partial charge in [0.1, 0.15) is 11.9 Å². The van der Waals surface area contributed by atoms with Crippen LogP contribution in [0.3, 0.4) is 0 Å². The summed E-state index contributed by atoms with van der Waals surface area (Å²) in [6.07, 6.45) is 1.95. The van der Waals surface area contributed by atoms with E-state index in [1.54, 1.807) is 18.7 Å². The summed E-state index contributed by atoms with van der Waals surface area (Å²) in [5.74, 6) is 1.18. The van der Waals surface area contributed by atoms with E-state index < -0.39 is 5.60 Å². The van der Waals surface area contributed by atoms with E-state index >= 15 is 0 Å². The molecule has 4 nitrogen and oxygen atoms in total. The zero-order valence-corrected chi connectivity index (χ0v) is 12.1. The summed E-state index contributed by atoms with van der Waals surface area (Å²) in [5, 5.41) is 22.3. The van der Waals surface area contributed by atoms with Crippen molar-refractivity contribution in [2.24, 2.45) is 0 Å². The van der Waals surface area contributed by atoms with E-state index in [1.165, 1.54) is 0 Å². The van der Waals surface area contributed by atoms with Crippen molar-refractivity contribution in [2.75, 3.05) is 23.9 Å². The molecule has 1 heterocycles. The van der Waals surface area contributed by atoms with Crippen molar-refractivity contribution in [1.29, 1.82) is 5.26 Å². The molecule has 18 heavy (non-hydrogen) atoms. The fourth-order valence-electron chi connectivity index (χ4n) is 1.74. The molecule has 0 aromatic carbocycles. The standard InChI is InChI=1S/C13H19N3OS/c1-9-5-10(2)16-12(11(9)6-14)15-7-13(3,17)8-18-4/h5,17H,7-8H2,1-4H3,(H,15,16). The van der Waals surface area contributed by atoms with Gasteiger partial charge in [0.25, 0.3) is 0 Å². The first kappa shape index (κ1) is 14.8. The fourth-order valence-corrected chi connectivity index (χ4v) is 2.47. The Kier molecular flexibility index (Phi) is 5.00. The molecular weight excluding hydrogens is 246 g/mol. The summed E-state index contributed by atoms with van der Waals surface area (Å²) < 4.78 is 0. The zero-order valence-electron chi connectivity index (χ0n) is 11.2. The SMILES string of the molecule is CSCC(C)(O)CNc1nc(C)cc(C)c1C#N. The summed E-state index contributed by atoms with van der Waals surface area (Å²) in [4.78, 5) is 4.32. The summed E-state index contributed by atoms with van der Waals surface area (Å²) in [5.41, 5.74) is 1.49. The molecule has 5 heteroatoms. The molecule has 1 unspecified atom stereocenters. The maximum absolute atomic E-state index is 10.1. The fraction of sp³-hybridized carbons (Fsp3) is 0.538. The van der Waals surface area contributed by atoms with Gasteiger partial charge in [-0.3, -0.25) is 0 Å². The molecule has 1 aromatic heterocycles. The first-order valence-corrected chi connectivity index (χ1v) is 7.12. The van der Waals surface area contributed by atoms with Crippen LogP contribution >= 0.6 is 11.8 Å². The van der Waals surface area contributed by atoms with E-state index in [2.05, 4.69) is 16.4 Å². The molecule has 0 saturated carbocycles. The smallest absolute Gasteiger partial charge is 0.144 e. The highest BCUT2D eigenvalue weighted by atomic mass is 32.2. The van der Waals surface area contributed by atoms with Gasteiger partial charge in [-0.25, -0.2) is 4.98 Å². The number of rotatable bonds is 5. The van der Waals surface area contributed by atoms with Gasteiger partial charge >= 0.3 is 0 Å². The molecule has 1 rings (SSSR count). The van der Waals surface area contributed by atoms with Crippen LogP contribution < -0.4 is 5.32 Å². The number of nitriles is 1. The van der Waals surface area contributed by atoms with Crippen LogP contribution in [-0.4, -0.2) is 34.2 Å². The van der Waals surface area contributed by atoms with Crippen molar-refractivity contribution in [3.05, 3.63) is 22.9 Å². The molecular formula is C13H19N3OS. The summed E-state index contributed by atoms with van der Waals surface area (Å²) in [6.45, 7) is 5.92. The minimum Gasteiger partial charge on any atom is -0.387 e. The molecule has 1 atom stereocenters. The quantitative estimate of drug-likeness (QED) is 0.853.